The van der Waals surface area contributed by atoms with E-state index in [1.807, 2.05) is 0 Å². The van der Waals surface area contributed by atoms with Crippen LogP contribution in [0.25, 0.3) is 9.88 Å². The third kappa shape index (κ3) is 1.70. The molecule has 0 aliphatic heterocycles. The minimum absolute atomic E-state index is 0.473. The monoisotopic (exact) mass is 225 g/mol. The smallest absolute Gasteiger partial charge is 0.157 e. The van der Waals surface area contributed by atoms with E-state index in [2.05, 4.69) is 30.1 Å². The molecule has 0 spiro atoms. The van der Waals surface area contributed by atoms with Crippen LogP contribution in [0, 0.1) is 13.8 Å². The topological polar surface area (TPSA) is 51.8 Å². The molecule has 0 unspecified atom stereocenters. The van der Waals surface area contributed by atoms with Crippen LogP contribution in [0.4, 0.5) is 0 Å². The lowest BCUT2D eigenvalue weighted by Gasteiger charge is -1.84. The van der Waals surface area contributed by atoms with E-state index in [4.69, 9.17) is 5.73 Å². The van der Waals surface area contributed by atoms with Crippen LogP contribution in [0.3, 0.4) is 0 Å². The fraction of sp³-hybridized carbons (Fsp3) is 0.333. The van der Waals surface area contributed by atoms with Gasteiger partial charge in [0.1, 0.15) is 5.01 Å². The number of hydrogen-bond acceptors (Lipinski definition) is 5. The molecule has 0 atom stereocenters. The molecule has 14 heavy (non-hydrogen) atoms. The van der Waals surface area contributed by atoms with Crippen LogP contribution in [-0.2, 0) is 6.54 Å². The number of aromatic nitrogens is 2. The lowest BCUT2D eigenvalue weighted by molar-refractivity contribution is 0.961. The fourth-order valence-corrected chi connectivity index (χ4v) is 2.91. The predicted molar refractivity (Wildman–Crippen MR) is 60.6 cm³/mol. The van der Waals surface area contributed by atoms with E-state index in [1.54, 1.807) is 22.7 Å². The van der Waals surface area contributed by atoms with E-state index in [1.165, 1.54) is 15.3 Å². The summed E-state index contributed by atoms with van der Waals surface area (Å²) in [5.41, 5.74) is 6.80. The summed E-state index contributed by atoms with van der Waals surface area (Å²) in [7, 11) is 0. The molecule has 74 valence electrons. The van der Waals surface area contributed by atoms with Crippen molar-refractivity contribution in [3.63, 3.8) is 0 Å². The second-order valence-corrected chi connectivity index (χ2v) is 5.37. The van der Waals surface area contributed by atoms with Gasteiger partial charge in [-0.2, -0.15) is 0 Å². The molecule has 2 aromatic heterocycles. The molecule has 0 saturated carbocycles. The fourth-order valence-electron chi connectivity index (χ4n) is 1.11. The second kappa shape index (κ2) is 3.76. The SMILES string of the molecule is Cc1cc(-c2nnc(CN)s2)sc1C. The first-order valence-corrected chi connectivity index (χ1v) is 5.94. The lowest BCUT2D eigenvalue weighted by atomic mass is 10.3. The highest BCUT2D eigenvalue weighted by Gasteiger charge is 2.09. The van der Waals surface area contributed by atoms with Crippen LogP contribution in [0.1, 0.15) is 15.4 Å². The average molecular weight is 225 g/mol. The summed E-state index contributed by atoms with van der Waals surface area (Å²) in [6, 6.07) is 2.15. The highest BCUT2D eigenvalue weighted by Crippen LogP contribution is 2.32. The summed E-state index contributed by atoms with van der Waals surface area (Å²) in [4.78, 5) is 2.53. The first kappa shape index (κ1) is 9.76. The largest absolute Gasteiger partial charge is 0.324 e. The molecule has 3 nitrogen and oxygen atoms in total. The summed E-state index contributed by atoms with van der Waals surface area (Å²) < 4.78 is 0. The van der Waals surface area contributed by atoms with E-state index < -0.39 is 0 Å². The van der Waals surface area contributed by atoms with E-state index in [-0.39, 0.29) is 0 Å². The molecule has 0 bridgehead atoms. The maximum atomic E-state index is 5.49. The Morgan fingerprint density at radius 2 is 2.07 bits per heavy atom. The molecule has 0 fully saturated rings. The van der Waals surface area contributed by atoms with Crippen molar-refractivity contribution in [3.8, 4) is 9.88 Å². The summed E-state index contributed by atoms with van der Waals surface area (Å²) in [5, 5.41) is 9.98. The van der Waals surface area contributed by atoms with Crippen molar-refractivity contribution in [2.45, 2.75) is 20.4 Å². The molecule has 0 amide bonds. The van der Waals surface area contributed by atoms with Crippen molar-refractivity contribution in [3.05, 3.63) is 21.5 Å². The van der Waals surface area contributed by atoms with Gasteiger partial charge in [0.2, 0.25) is 0 Å². The molecular formula is C9H11N3S2. The van der Waals surface area contributed by atoms with Gasteiger partial charge in [0.05, 0.1) is 4.88 Å². The van der Waals surface area contributed by atoms with Crippen LogP contribution in [0.15, 0.2) is 6.07 Å². The Balaban J connectivity index is 2.39. The van der Waals surface area contributed by atoms with Crippen molar-refractivity contribution in [2.75, 3.05) is 0 Å². The van der Waals surface area contributed by atoms with Gasteiger partial charge in [-0.25, -0.2) is 0 Å². The van der Waals surface area contributed by atoms with Crippen LogP contribution in [0.5, 0.6) is 0 Å². The van der Waals surface area contributed by atoms with Crippen LogP contribution >= 0.6 is 22.7 Å². The number of aryl methyl sites for hydroxylation is 2. The highest BCUT2D eigenvalue weighted by atomic mass is 32.1. The van der Waals surface area contributed by atoms with Crippen molar-refractivity contribution < 1.29 is 0 Å². The van der Waals surface area contributed by atoms with Gasteiger partial charge in [0.15, 0.2) is 5.01 Å². The minimum Gasteiger partial charge on any atom is -0.324 e. The Morgan fingerprint density at radius 3 is 2.57 bits per heavy atom. The molecule has 0 aliphatic rings. The third-order valence-electron chi connectivity index (χ3n) is 2.02. The minimum atomic E-state index is 0.473. The quantitative estimate of drug-likeness (QED) is 0.853. The Bertz CT molecular complexity index is 425. The molecule has 2 aromatic rings. The lowest BCUT2D eigenvalue weighted by Crippen LogP contribution is -1.94. The Morgan fingerprint density at radius 1 is 1.29 bits per heavy atom. The van der Waals surface area contributed by atoms with Gasteiger partial charge in [-0.1, -0.05) is 11.3 Å². The maximum Gasteiger partial charge on any atom is 0.157 e. The van der Waals surface area contributed by atoms with E-state index >= 15 is 0 Å². The van der Waals surface area contributed by atoms with E-state index in [9.17, 15) is 0 Å². The predicted octanol–water partition coefficient (Wildman–Crippen LogP) is 2.34. The zero-order valence-corrected chi connectivity index (χ0v) is 9.71. The van der Waals surface area contributed by atoms with Crippen LogP contribution < -0.4 is 5.73 Å². The highest BCUT2D eigenvalue weighted by molar-refractivity contribution is 7.21. The number of rotatable bonds is 2. The van der Waals surface area contributed by atoms with Crippen molar-refractivity contribution in [2.24, 2.45) is 5.73 Å². The molecule has 2 heterocycles. The first-order valence-electron chi connectivity index (χ1n) is 4.30. The van der Waals surface area contributed by atoms with Crippen LogP contribution in [-0.4, -0.2) is 10.2 Å². The molecule has 2 rings (SSSR count). The summed E-state index contributed by atoms with van der Waals surface area (Å²) in [6.07, 6.45) is 0. The zero-order valence-electron chi connectivity index (χ0n) is 8.07. The maximum absolute atomic E-state index is 5.49. The first-order chi connectivity index (χ1) is 6.70. The van der Waals surface area contributed by atoms with Crippen molar-refractivity contribution in [1.29, 1.82) is 0 Å². The standard InChI is InChI=1S/C9H11N3S2/c1-5-3-7(13-6(5)2)9-12-11-8(4-10)14-9/h3H,4,10H2,1-2H3. The third-order valence-corrected chi connectivity index (χ3v) is 4.29. The summed E-state index contributed by atoms with van der Waals surface area (Å²) in [5.74, 6) is 0. The molecule has 5 heteroatoms. The van der Waals surface area contributed by atoms with Gasteiger partial charge in [0, 0.05) is 11.4 Å². The van der Waals surface area contributed by atoms with Crippen LogP contribution in [0.2, 0.25) is 0 Å². The van der Waals surface area contributed by atoms with Crippen molar-refractivity contribution in [1.82, 2.24) is 10.2 Å². The summed E-state index contributed by atoms with van der Waals surface area (Å²) in [6.45, 7) is 4.70. The Kier molecular flexibility index (Phi) is 2.62. The molecule has 2 N–H and O–H groups in total. The zero-order chi connectivity index (χ0) is 10.1. The van der Waals surface area contributed by atoms with E-state index in [0.717, 1.165) is 10.0 Å². The number of nitrogens with zero attached hydrogens (tertiary/aromatic N) is 2. The number of thiophene rings is 1. The van der Waals surface area contributed by atoms with Gasteiger partial charge in [-0.05, 0) is 25.5 Å². The Hall–Kier alpha value is -0.780. The van der Waals surface area contributed by atoms with Gasteiger partial charge in [0.25, 0.3) is 0 Å². The molecular weight excluding hydrogens is 214 g/mol. The van der Waals surface area contributed by atoms with Gasteiger partial charge < -0.3 is 5.73 Å². The molecule has 0 aromatic carbocycles. The second-order valence-electron chi connectivity index (χ2n) is 3.05. The van der Waals surface area contributed by atoms with Gasteiger partial charge in [-0.3, -0.25) is 0 Å². The van der Waals surface area contributed by atoms with E-state index in [0.29, 0.717) is 6.54 Å². The number of nitrogens with two attached hydrogens (primary N) is 1. The Labute approximate surface area is 90.6 Å². The van der Waals surface area contributed by atoms with Gasteiger partial charge >= 0.3 is 0 Å². The molecule has 0 saturated heterocycles. The van der Waals surface area contributed by atoms with Gasteiger partial charge in [-0.15, -0.1) is 21.5 Å². The number of hydrogen-bond donors (Lipinski definition) is 1. The van der Waals surface area contributed by atoms with Crippen molar-refractivity contribution >= 4 is 22.7 Å². The molecule has 0 aliphatic carbocycles. The summed E-state index contributed by atoms with van der Waals surface area (Å²) >= 11 is 3.33. The average Bonchev–Trinajstić information content (AvgIpc) is 2.74. The normalized spacial score (nSPS) is 10.8. The molecule has 0 radical (unpaired) electrons.